The van der Waals surface area contributed by atoms with E-state index >= 15 is 0 Å². The summed E-state index contributed by atoms with van der Waals surface area (Å²) in [4.78, 5) is 18.5. The van der Waals surface area contributed by atoms with E-state index in [1.165, 1.54) is 25.8 Å². The summed E-state index contributed by atoms with van der Waals surface area (Å²) in [7, 11) is 1.78. The second-order valence-corrected chi connectivity index (χ2v) is 9.59. The van der Waals surface area contributed by atoms with E-state index in [0.717, 1.165) is 67.0 Å². The predicted molar refractivity (Wildman–Crippen MR) is 139 cm³/mol. The molecule has 0 saturated carbocycles. The lowest BCUT2D eigenvalue weighted by atomic mass is 9.95. The van der Waals surface area contributed by atoms with Crippen LogP contribution in [0.3, 0.4) is 0 Å². The standard InChI is InChI=1S/C26H30N10/c1-28-24-21(14-27)26(30-17-29-24)35-9-5-18(6-10-35)25-32-23(16-36(25)12-11-34-7-2-8-34)19-3-4-22-20(13-19)15-31-33-22/h3-4,13,15-18H,2,5-12H2,1H3,(H,31,33)(H,28,29,30). The Bertz CT molecular complexity index is 1400. The zero-order valence-electron chi connectivity index (χ0n) is 20.5. The number of H-pyrrole nitrogens is 1. The highest BCUT2D eigenvalue weighted by Gasteiger charge is 2.28. The average Bonchev–Trinajstić information content (AvgIpc) is 3.54. The molecule has 0 amide bonds. The molecule has 6 rings (SSSR count). The Hall–Kier alpha value is -3.97. The molecule has 0 radical (unpaired) electrons. The van der Waals surface area contributed by atoms with Gasteiger partial charge < -0.3 is 19.7 Å². The van der Waals surface area contributed by atoms with Crippen LogP contribution in [0.1, 0.15) is 36.6 Å². The van der Waals surface area contributed by atoms with Gasteiger partial charge >= 0.3 is 0 Å². The first-order chi connectivity index (χ1) is 17.7. The van der Waals surface area contributed by atoms with Crippen LogP contribution < -0.4 is 10.2 Å². The summed E-state index contributed by atoms with van der Waals surface area (Å²) in [6, 6.07) is 8.63. The maximum absolute atomic E-state index is 9.70. The maximum atomic E-state index is 9.70. The van der Waals surface area contributed by atoms with E-state index < -0.39 is 0 Å². The number of hydrogen-bond acceptors (Lipinski definition) is 8. The monoisotopic (exact) mass is 482 g/mol. The molecule has 4 aromatic rings. The number of benzene rings is 1. The molecule has 3 aromatic heterocycles. The third-order valence-electron chi connectivity index (χ3n) is 7.48. The molecule has 0 aliphatic carbocycles. The van der Waals surface area contributed by atoms with Gasteiger partial charge in [-0.1, -0.05) is 6.07 Å². The van der Waals surface area contributed by atoms with Crippen molar-refractivity contribution in [3.8, 4) is 17.3 Å². The third-order valence-corrected chi connectivity index (χ3v) is 7.48. The van der Waals surface area contributed by atoms with Gasteiger partial charge in [0.2, 0.25) is 0 Å². The molecule has 2 aliphatic heterocycles. The summed E-state index contributed by atoms with van der Waals surface area (Å²) in [5.74, 6) is 2.81. The van der Waals surface area contributed by atoms with E-state index in [4.69, 9.17) is 4.98 Å². The van der Waals surface area contributed by atoms with Crippen molar-refractivity contribution in [3.63, 3.8) is 0 Å². The Morgan fingerprint density at radius 1 is 1.14 bits per heavy atom. The maximum Gasteiger partial charge on any atom is 0.152 e. The van der Waals surface area contributed by atoms with Crippen LogP contribution in [-0.4, -0.2) is 74.4 Å². The van der Waals surface area contributed by atoms with Gasteiger partial charge in [-0.3, -0.25) is 5.10 Å². The van der Waals surface area contributed by atoms with Gasteiger partial charge in [0.25, 0.3) is 0 Å². The van der Waals surface area contributed by atoms with Crippen molar-refractivity contribution < 1.29 is 0 Å². The van der Waals surface area contributed by atoms with Gasteiger partial charge in [0.05, 0.1) is 17.4 Å². The average molecular weight is 483 g/mol. The van der Waals surface area contributed by atoms with E-state index in [1.54, 1.807) is 7.05 Å². The molecule has 0 spiro atoms. The number of anilines is 2. The fraction of sp³-hybridized carbons (Fsp3) is 0.423. The second-order valence-electron chi connectivity index (χ2n) is 9.59. The summed E-state index contributed by atoms with van der Waals surface area (Å²) in [6.07, 6.45) is 8.84. The zero-order chi connectivity index (χ0) is 24.5. The van der Waals surface area contributed by atoms with Crippen molar-refractivity contribution in [1.82, 2.24) is 34.6 Å². The quantitative estimate of drug-likeness (QED) is 0.413. The van der Waals surface area contributed by atoms with Gasteiger partial charge in [-0.05, 0) is 44.5 Å². The van der Waals surface area contributed by atoms with Crippen LogP contribution in [0.15, 0.2) is 36.9 Å². The minimum Gasteiger partial charge on any atom is -0.372 e. The zero-order valence-corrected chi connectivity index (χ0v) is 20.5. The van der Waals surface area contributed by atoms with Gasteiger partial charge in [-0.15, -0.1) is 0 Å². The number of aromatic nitrogens is 6. The first-order valence-electron chi connectivity index (χ1n) is 12.6. The number of aromatic amines is 1. The number of nitrogens with one attached hydrogen (secondary N) is 2. The first kappa shape index (κ1) is 22.5. The number of likely N-dealkylation sites (tertiary alicyclic amines) is 1. The third kappa shape index (κ3) is 4.16. The molecule has 10 nitrogen and oxygen atoms in total. The van der Waals surface area contributed by atoms with Crippen molar-refractivity contribution >= 4 is 22.5 Å². The molecule has 2 fully saturated rings. The SMILES string of the molecule is CNc1ncnc(N2CCC(c3nc(-c4ccc5[nH]ncc5c4)cn3CCN3CCC3)CC2)c1C#N. The van der Waals surface area contributed by atoms with E-state index in [-0.39, 0.29) is 0 Å². The lowest BCUT2D eigenvalue weighted by Gasteiger charge is -2.34. The van der Waals surface area contributed by atoms with E-state index in [1.807, 2.05) is 6.20 Å². The molecular weight excluding hydrogens is 452 g/mol. The molecule has 184 valence electrons. The Morgan fingerprint density at radius 3 is 2.75 bits per heavy atom. The molecule has 0 bridgehead atoms. The van der Waals surface area contributed by atoms with Crippen LogP contribution in [0, 0.1) is 11.3 Å². The van der Waals surface area contributed by atoms with Crippen LogP contribution in [0.25, 0.3) is 22.2 Å². The topological polar surface area (TPSA) is 115 Å². The lowest BCUT2D eigenvalue weighted by Crippen LogP contribution is -2.39. The van der Waals surface area contributed by atoms with Crippen molar-refractivity contribution in [2.24, 2.45) is 0 Å². The van der Waals surface area contributed by atoms with Crippen LogP contribution in [-0.2, 0) is 6.54 Å². The van der Waals surface area contributed by atoms with Gasteiger partial charge in [0.15, 0.2) is 5.82 Å². The van der Waals surface area contributed by atoms with Gasteiger partial charge in [0, 0.05) is 56.3 Å². The van der Waals surface area contributed by atoms with Crippen molar-refractivity contribution in [2.75, 3.05) is 50.0 Å². The summed E-state index contributed by atoms with van der Waals surface area (Å²) < 4.78 is 2.37. The number of imidazole rings is 1. The fourth-order valence-electron chi connectivity index (χ4n) is 5.29. The van der Waals surface area contributed by atoms with Gasteiger partial charge in [-0.2, -0.15) is 10.4 Å². The molecule has 2 aliphatic rings. The number of nitriles is 1. The molecule has 0 unspecified atom stereocenters. The first-order valence-corrected chi connectivity index (χ1v) is 12.6. The number of hydrogen-bond donors (Lipinski definition) is 2. The summed E-state index contributed by atoms with van der Waals surface area (Å²) in [5, 5.41) is 21.0. The van der Waals surface area contributed by atoms with Crippen LogP contribution in [0.4, 0.5) is 11.6 Å². The smallest absolute Gasteiger partial charge is 0.152 e. The van der Waals surface area contributed by atoms with Gasteiger partial charge in [0.1, 0.15) is 29.6 Å². The fourth-order valence-corrected chi connectivity index (χ4v) is 5.29. The van der Waals surface area contributed by atoms with Crippen LogP contribution >= 0.6 is 0 Å². The number of rotatable bonds is 7. The molecule has 0 atom stereocenters. The molecule has 10 heteroatoms. The second kappa shape index (κ2) is 9.59. The summed E-state index contributed by atoms with van der Waals surface area (Å²) >= 11 is 0. The molecule has 2 saturated heterocycles. The highest BCUT2D eigenvalue weighted by molar-refractivity contribution is 5.83. The highest BCUT2D eigenvalue weighted by atomic mass is 15.2. The van der Waals surface area contributed by atoms with Crippen molar-refractivity contribution in [3.05, 3.63) is 48.3 Å². The molecule has 1 aromatic carbocycles. The largest absolute Gasteiger partial charge is 0.372 e. The Morgan fingerprint density at radius 2 is 2.00 bits per heavy atom. The number of fused-ring (bicyclic) bond motifs is 1. The Labute approximate surface area is 210 Å². The summed E-state index contributed by atoms with van der Waals surface area (Å²) in [5.41, 5.74) is 3.67. The minimum absolute atomic E-state index is 0.361. The van der Waals surface area contributed by atoms with E-state index in [9.17, 15) is 5.26 Å². The predicted octanol–water partition coefficient (Wildman–Crippen LogP) is 3.22. The lowest BCUT2D eigenvalue weighted by molar-refractivity contribution is 0.173. The highest BCUT2D eigenvalue weighted by Crippen LogP contribution is 2.33. The van der Waals surface area contributed by atoms with E-state index in [2.05, 4.69) is 70.3 Å². The van der Waals surface area contributed by atoms with Gasteiger partial charge in [-0.25, -0.2) is 15.0 Å². The van der Waals surface area contributed by atoms with Crippen molar-refractivity contribution in [2.45, 2.75) is 31.7 Å². The number of piperidine rings is 1. The molecule has 36 heavy (non-hydrogen) atoms. The molecular formula is C26H30N10. The summed E-state index contributed by atoms with van der Waals surface area (Å²) in [6.45, 7) is 6.06. The van der Waals surface area contributed by atoms with Crippen LogP contribution in [0.2, 0.25) is 0 Å². The normalized spacial score (nSPS) is 16.7. The Balaban J connectivity index is 1.25. The number of nitrogens with zero attached hydrogens (tertiary/aromatic N) is 8. The Kier molecular flexibility index (Phi) is 5.99. The van der Waals surface area contributed by atoms with Crippen LogP contribution in [0.5, 0.6) is 0 Å². The molecule has 5 heterocycles. The van der Waals surface area contributed by atoms with E-state index in [0.29, 0.717) is 23.1 Å². The molecule has 2 N–H and O–H groups in total. The minimum atomic E-state index is 0.361. The van der Waals surface area contributed by atoms with Crippen molar-refractivity contribution in [1.29, 1.82) is 5.26 Å².